The fourth-order valence-corrected chi connectivity index (χ4v) is 0.0732. The van der Waals surface area contributed by atoms with Gasteiger partial charge in [-0.15, -0.1) is 11.6 Å². The lowest BCUT2D eigenvalue weighted by Crippen LogP contribution is -2.24. The van der Waals surface area contributed by atoms with Crippen LogP contribution in [-0.4, -0.2) is 16.7 Å². The van der Waals surface area contributed by atoms with Gasteiger partial charge in [0.1, 0.15) is 5.60 Å². The highest BCUT2D eigenvalue weighted by Gasteiger charge is 2.15. The SMILES string of the molecule is CC(C)(CCl)OO. The van der Waals surface area contributed by atoms with Crippen LogP contribution in [0.4, 0.5) is 0 Å². The van der Waals surface area contributed by atoms with Gasteiger partial charge in [0.05, 0.1) is 5.88 Å². The largest absolute Gasteiger partial charge is 0.251 e. The maximum absolute atomic E-state index is 8.01. The second kappa shape index (κ2) is 2.50. The van der Waals surface area contributed by atoms with E-state index in [4.69, 9.17) is 16.9 Å². The lowest BCUT2D eigenvalue weighted by atomic mass is 10.2. The smallest absolute Gasteiger partial charge is 0.111 e. The molecule has 0 unspecified atom stereocenters. The molecule has 44 valence electrons. The van der Waals surface area contributed by atoms with Crippen LogP contribution in [0.2, 0.25) is 0 Å². The first-order valence-electron chi connectivity index (χ1n) is 2.01. The summed E-state index contributed by atoms with van der Waals surface area (Å²) in [4.78, 5) is 3.95. The van der Waals surface area contributed by atoms with Gasteiger partial charge in [0.15, 0.2) is 0 Å². The van der Waals surface area contributed by atoms with Gasteiger partial charge in [-0.05, 0) is 13.8 Å². The molecule has 1 N–H and O–H groups in total. The summed E-state index contributed by atoms with van der Waals surface area (Å²) in [5.74, 6) is 0.295. The van der Waals surface area contributed by atoms with Crippen LogP contribution in [0.25, 0.3) is 0 Å². The highest BCUT2D eigenvalue weighted by Crippen LogP contribution is 2.07. The zero-order valence-corrected chi connectivity index (χ0v) is 5.20. The minimum Gasteiger partial charge on any atom is -0.251 e. The van der Waals surface area contributed by atoms with Gasteiger partial charge in [0, 0.05) is 0 Å². The predicted octanol–water partition coefficient (Wildman–Crippen LogP) is 1.49. The molecule has 0 aromatic heterocycles. The highest BCUT2D eigenvalue weighted by molar-refractivity contribution is 6.18. The van der Waals surface area contributed by atoms with Crippen molar-refractivity contribution in [3.63, 3.8) is 0 Å². The van der Waals surface area contributed by atoms with Gasteiger partial charge in [0.2, 0.25) is 0 Å². The van der Waals surface area contributed by atoms with E-state index in [-0.39, 0.29) is 0 Å². The van der Waals surface area contributed by atoms with Crippen molar-refractivity contribution in [2.24, 2.45) is 0 Å². The van der Waals surface area contributed by atoms with Crippen molar-refractivity contribution in [1.29, 1.82) is 0 Å². The molecule has 3 heteroatoms. The standard InChI is InChI=1S/C4H9ClO2/c1-4(2,3-5)7-6/h6H,3H2,1-2H3. The third-order valence-corrected chi connectivity index (χ3v) is 1.21. The van der Waals surface area contributed by atoms with Crippen LogP contribution in [0.1, 0.15) is 13.8 Å². The van der Waals surface area contributed by atoms with Crippen molar-refractivity contribution in [3.05, 3.63) is 0 Å². The van der Waals surface area contributed by atoms with Crippen molar-refractivity contribution >= 4 is 11.6 Å². The average Bonchev–Trinajstić information content (AvgIpc) is 1.68. The van der Waals surface area contributed by atoms with Crippen molar-refractivity contribution < 1.29 is 10.1 Å². The molecular weight excluding hydrogens is 115 g/mol. The van der Waals surface area contributed by atoms with E-state index in [9.17, 15) is 0 Å². The molecule has 0 aliphatic rings. The molecule has 2 nitrogen and oxygen atoms in total. The molecule has 0 saturated heterocycles. The quantitative estimate of drug-likeness (QED) is 0.343. The first-order valence-corrected chi connectivity index (χ1v) is 2.54. The van der Waals surface area contributed by atoms with Crippen molar-refractivity contribution in [3.8, 4) is 0 Å². The summed E-state index contributed by atoms with van der Waals surface area (Å²) >= 11 is 5.31. The normalized spacial score (nSPS) is 12.0. The Morgan fingerprint density at radius 1 is 1.71 bits per heavy atom. The Morgan fingerprint density at radius 3 is 2.14 bits per heavy atom. The Hall–Kier alpha value is 0.210. The average molecular weight is 125 g/mol. The third-order valence-electron chi connectivity index (χ3n) is 0.569. The molecule has 0 aliphatic heterocycles. The van der Waals surface area contributed by atoms with Crippen LogP contribution < -0.4 is 0 Å². The van der Waals surface area contributed by atoms with E-state index in [2.05, 4.69) is 4.89 Å². The van der Waals surface area contributed by atoms with Crippen LogP contribution in [0.5, 0.6) is 0 Å². The number of alkyl halides is 1. The van der Waals surface area contributed by atoms with Crippen molar-refractivity contribution in [2.75, 3.05) is 5.88 Å². The van der Waals surface area contributed by atoms with E-state index >= 15 is 0 Å². The lowest BCUT2D eigenvalue weighted by molar-refractivity contribution is -0.305. The van der Waals surface area contributed by atoms with Crippen LogP contribution in [0.15, 0.2) is 0 Å². The summed E-state index contributed by atoms with van der Waals surface area (Å²) < 4.78 is 0. The van der Waals surface area contributed by atoms with Crippen LogP contribution in [-0.2, 0) is 4.89 Å². The molecule has 0 rings (SSSR count). The maximum atomic E-state index is 8.01. The fourth-order valence-electron chi connectivity index (χ4n) is 0.0244. The second-order valence-electron chi connectivity index (χ2n) is 1.98. The first-order chi connectivity index (χ1) is 3.12. The molecule has 0 aliphatic carbocycles. The number of rotatable bonds is 2. The monoisotopic (exact) mass is 124 g/mol. The molecular formula is C4H9ClO2. The summed E-state index contributed by atoms with van der Waals surface area (Å²) in [6.45, 7) is 3.39. The third kappa shape index (κ3) is 2.85. The molecule has 0 saturated carbocycles. The zero-order chi connectivity index (χ0) is 5.91. The number of halogens is 1. The molecule has 0 spiro atoms. The minimum atomic E-state index is -0.596. The lowest BCUT2D eigenvalue weighted by Gasteiger charge is -2.14. The molecule has 0 aromatic rings. The van der Waals surface area contributed by atoms with Gasteiger partial charge < -0.3 is 0 Å². The topological polar surface area (TPSA) is 29.5 Å². The summed E-state index contributed by atoms with van der Waals surface area (Å²) in [7, 11) is 0. The molecule has 0 aromatic carbocycles. The Morgan fingerprint density at radius 2 is 2.14 bits per heavy atom. The van der Waals surface area contributed by atoms with E-state index in [1.165, 1.54) is 0 Å². The van der Waals surface area contributed by atoms with Crippen LogP contribution >= 0.6 is 11.6 Å². The van der Waals surface area contributed by atoms with E-state index in [0.29, 0.717) is 5.88 Å². The van der Waals surface area contributed by atoms with E-state index in [1.54, 1.807) is 13.8 Å². The van der Waals surface area contributed by atoms with Gasteiger partial charge in [-0.3, -0.25) is 5.26 Å². The Labute approximate surface area is 48.0 Å². The molecule has 0 heterocycles. The zero-order valence-electron chi connectivity index (χ0n) is 4.44. The van der Waals surface area contributed by atoms with Gasteiger partial charge in [-0.2, -0.15) is 0 Å². The minimum absolute atomic E-state index is 0.295. The van der Waals surface area contributed by atoms with E-state index in [1.807, 2.05) is 0 Å². The Bertz CT molecular complexity index is 47.7. The second-order valence-corrected chi connectivity index (χ2v) is 2.25. The van der Waals surface area contributed by atoms with Crippen molar-refractivity contribution in [1.82, 2.24) is 0 Å². The molecule has 0 fully saturated rings. The maximum Gasteiger partial charge on any atom is 0.111 e. The number of hydrogen-bond acceptors (Lipinski definition) is 2. The molecule has 0 radical (unpaired) electrons. The van der Waals surface area contributed by atoms with E-state index in [0.717, 1.165) is 0 Å². The highest BCUT2D eigenvalue weighted by atomic mass is 35.5. The van der Waals surface area contributed by atoms with Gasteiger partial charge in [-0.1, -0.05) is 0 Å². The molecule has 0 amide bonds. The van der Waals surface area contributed by atoms with E-state index < -0.39 is 5.60 Å². The molecule has 7 heavy (non-hydrogen) atoms. The predicted molar refractivity (Wildman–Crippen MR) is 28.5 cm³/mol. The summed E-state index contributed by atoms with van der Waals surface area (Å²) in [6.07, 6.45) is 0. The summed E-state index contributed by atoms with van der Waals surface area (Å²) in [5, 5.41) is 8.01. The summed E-state index contributed by atoms with van der Waals surface area (Å²) in [5.41, 5.74) is -0.596. The summed E-state index contributed by atoms with van der Waals surface area (Å²) in [6, 6.07) is 0. The first kappa shape index (κ1) is 7.21. The van der Waals surface area contributed by atoms with Crippen LogP contribution in [0.3, 0.4) is 0 Å². The fraction of sp³-hybridized carbons (Fsp3) is 1.00. The van der Waals surface area contributed by atoms with Gasteiger partial charge in [-0.25, -0.2) is 4.89 Å². The Kier molecular flexibility index (Phi) is 2.58. The van der Waals surface area contributed by atoms with Crippen LogP contribution in [0, 0.1) is 0 Å². The molecule has 0 atom stereocenters. The number of hydrogen-bond donors (Lipinski definition) is 1. The van der Waals surface area contributed by atoms with Gasteiger partial charge >= 0.3 is 0 Å². The van der Waals surface area contributed by atoms with Gasteiger partial charge in [0.25, 0.3) is 0 Å². The molecule has 0 bridgehead atoms. The van der Waals surface area contributed by atoms with Crippen molar-refractivity contribution in [2.45, 2.75) is 19.4 Å². The Balaban J connectivity index is 3.36.